The Morgan fingerprint density at radius 2 is 1.32 bits per heavy atom. The van der Waals surface area contributed by atoms with Crippen molar-refractivity contribution in [1.29, 1.82) is 0 Å². The number of aromatic nitrogens is 2. The van der Waals surface area contributed by atoms with Gasteiger partial charge in [-0.3, -0.25) is 4.68 Å². The molecule has 212 valence electrons. The smallest absolute Gasteiger partial charge is 0.573 e. The molecule has 0 bridgehead atoms. The van der Waals surface area contributed by atoms with Gasteiger partial charge in [-0.2, -0.15) is 9.82 Å². The number of rotatable bonds is 7. The second kappa shape index (κ2) is 11.1. The van der Waals surface area contributed by atoms with Crippen molar-refractivity contribution in [2.24, 2.45) is 7.05 Å². The van der Waals surface area contributed by atoms with Gasteiger partial charge in [-0.1, -0.05) is 35.9 Å². The fraction of sp³-hybridized carbons (Fsp3) is 0.192. The summed E-state index contributed by atoms with van der Waals surface area (Å²) in [5.41, 5.74) is 3.37. The van der Waals surface area contributed by atoms with Crippen LogP contribution in [0.15, 0.2) is 65.6 Å². The summed E-state index contributed by atoms with van der Waals surface area (Å²) in [5.74, 6) is -0.881. The Morgan fingerprint density at radius 3 is 1.77 bits per heavy atom. The van der Waals surface area contributed by atoms with E-state index in [1.165, 1.54) is 30.3 Å². The molecule has 0 amide bonds. The molecule has 0 aliphatic carbocycles. The number of nitrogens with zero attached hydrogens (tertiary/aromatic N) is 2. The van der Waals surface area contributed by atoms with E-state index in [9.17, 15) is 30.9 Å². The molecule has 0 radical (unpaired) electrons. The van der Waals surface area contributed by atoms with E-state index in [2.05, 4.69) is 19.3 Å². The molecule has 4 aromatic rings. The molecule has 14 heteroatoms. The summed E-state index contributed by atoms with van der Waals surface area (Å²) < 4.78 is 102. The number of halogens is 7. The summed E-state index contributed by atoms with van der Waals surface area (Å²) in [6.45, 7) is 3.50. The molecule has 1 aromatic heterocycles. The Bertz CT molecular complexity index is 1510. The van der Waals surface area contributed by atoms with Crippen LogP contribution in [0.4, 0.5) is 32.0 Å². The highest BCUT2D eigenvalue weighted by atomic mass is 35.5. The van der Waals surface area contributed by atoms with Crippen molar-refractivity contribution in [3.63, 3.8) is 0 Å². The van der Waals surface area contributed by atoms with E-state index in [4.69, 9.17) is 11.6 Å². The van der Waals surface area contributed by atoms with Crippen molar-refractivity contribution in [3.8, 4) is 33.8 Å². The van der Waals surface area contributed by atoms with Crippen LogP contribution in [0.5, 0.6) is 11.5 Å². The second-order valence-corrected chi connectivity index (χ2v) is 10.1. The first-order valence-electron chi connectivity index (χ1n) is 11.4. The number of hydrogen-bond acceptors (Lipinski definition) is 5. The lowest BCUT2D eigenvalue weighted by atomic mass is 9.98. The highest BCUT2D eigenvalue weighted by Gasteiger charge is 2.32. The molecule has 0 saturated carbocycles. The summed E-state index contributed by atoms with van der Waals surface area (Å²) in [4.78, 5) is 0.134. The molecule has 40 heavy (non-hydrogen) atoms. The van der Waals surface area contributed by atoms with E-state index in [-0.39, 0.29) is 9.92 Å². The van der Waals surface area contributed by atoms with Gasteiger partial charge in [-0.25, -0.2) is 0 Å². The highest BCUT2D eigenvalue weighted by Crippen LogP contribution is 2.40. The first-order chi connectivity index (χ1) is 18.6. The molecular weight excluding hydrogens is 584 g/mol. The zero-order valence-electron chi connectivity index (χ0n) is 20.9. The molecule has 0 fully saturated rings. The minimum absolute atomic E-state index is 0.0452. The second-order valence-electron chi connectivity index (χ2n) is 8.52. The molecule has 1 N–H and O–H groups in total. The fourth-order valence-corrected chi connectivity index (χ4v) is 5.54. The zero-order valence-corrected chi connectivity index (χ0v) is 22.5. The lowest BCUT2D eigenvalue weighted by Crippen LogP contribution is -2.17. The quantitative estimate of drug-likeness (QED) is 0.171. The van der Waals surface area contributed by atoms with Crippen molar-refractivity contribution in [2.45, 2.75) is 31.5 Å². The first-order valence-corrected chi connectivity index (χ1v) is 12.9. The van der Waals surface area contributed by atoms with Gasteiger partial charge >= 0.3 is 12.7 Å². The van der Waals surface area contributed by atoms with E-state index in [0.29, 0.717) is 39.3 Å². The molecule has 0 saturated heterocycles. The van der Waals surface area contributed by atoms with Gasteiger partial charge in [0.2, 0.25) is 4.90 Å². The van der Waals surface area contributed by atoms with Crippen LogP contribution in [0.3, 0.4) is 0 Å². The number of benzene rings is 3. The maximum atomic E-state index is 13.6. The molecule has 6 nitrogen and oxygen atoms in total. The third kappa shape index (κ3) is 6.95. The summed E-state index contributed by atoms with van der Waals surface area (Å²) in [6.07, 6.45) is -9.74. The van der Waals surface area contributed by atoms with E-state index in [1.807, 2.05) is 0 Å². The maximum Gasteiger partial charge on any atom is 0.573 e. The minimum atomic E-state index is -4.89. The number of aryl methyl sites for hydroxylation is 2. The highest BCUT2D eigenvalue weighted by molar-refractivity contribution is 7.93. The first kappa shape index (κ1) is 29.4. The van der Waals surface area contributed by atoms with Gasteiger partial charge in [0, 0.05) is 12.6 Å². The molecule has 1 heterocycles. The fourth-order valence-electron chi connectivity index (χ4n) is 3.91. The lowest BCUT2D eigenvalue weighted by molar-refractivity contribution is -0.275. The van der Waals surface area contributed by atoms with Gasteiger partial charge in [0.1, 0.15) is 28.5 Å². The van der Waals surface area contributed by atoms with Crippen LogP contribution < -0.4 is 14.2 Å². The van der Waals surface area contributed by atoms with Crippen LogP contribution >= 0.6 is 11.6 Å². The number of alkyl halides is 6. The van der Waals surface area contributed by atoms with Crippen molar-refractivity contribution in [1.82, 2.24) is 9.78 Å². The van der Waals surface area contributed by atoms with Crippen molar-refractivity contribution < 1.29 is 40.4 Å². The molecular formula is C26H20ClF6N3O3S. The molecule has 0 aliphatic heterocycles. The summed E-state index contributed by atoms with van der Waals surface area (Å²) in [7, 11) is 1.72. The van der Waals surface area contributed by atoms with Crippen LogP contribution in [-0.2, 0) is 18.4 Å². The normalized spacial score (nSPS) is 12.8. The standard InChI is InChI=1S/C26H20ClF6N3O3S/c1-14-23(15(2)36(3)34-14)35-40(37)24-21(17-6-10-20(11-7-17)39-26(31,32)33)12-18(13-22(24)27)16-4-8-19(9-5-16)38-25(28,29)30/h4-13,35H,1-3H3. The average Bonchev–Trinajstić information content (AvgIpc) is 3.08. The van der Waals surface area contributed by atoms with Crippen molar-refractivity contribution >= 4 is 28.7 Å². The predicted molar refractivity (Wildman–Crippen MR) is 138 cm³/mol. The minimum Gasteiger partial charge on any atom is -0.588 e. The van der Waals surface area contributed by atoms with Gasteiger partial charge < -0.3 is 14.0 Å². The number of nitrogens with one attached hydrogen (secondary N) is 1. The van der Waals surface area contributed by atoms with Crippen LogP contribution in [0.25, 0.3) is 22.3 Å². The number of ether oxygens (including phenoxy) is 2. The van der Waals surface area contributed by atoms with E-state index >= 15 is 0 Å². The lowest BCUT2D eigenvalue weighted by Gasteiger charge is -2.18. The number of anilines is 1. The van der Waals surface area contributed by atoms with Gasteiger partial charge in [0.25, 0.3) is 0 Å². The SMILES string of the molecule is Cc1nn(C)c(C)c1N[S+]([O-])c1c(Cl)cc(-c2ccc(OC(F)(F)F)cc2)cc1-c1ccc(OC(F)(F)F)cc1. The van der Waals surface area contributed by atoms with Gasteiger partial charge in [-0.15, -0.1) is 26.3 Å². The average molecular weight is 604 g/mol. The maximum absolute atomic E-state index is 13.6. The van der Waals surface area contributed by atoms with E-state index in [1.54, 1.807) is 31.6 Å². The van der Waals surface area contributed by atoms with Crippen LogP contribution in [-0.4, -0.2) is 27.1 Å². The van der Waals surface area contributed by atoms with Crippen LogP contribution in [0.1, 0.15) is 11.4 Å². The largest absolute Gasteiger partial charge is 0.588 e. The van der Waals surface area contributed by atoms with Crippen LogP contribution in [0, 0.1) is 13.8 Å². The molecule has 0 spiro atoms. The summed E-state index contributed by atoms with van der Waals surface area (Å²) >= 11 is 4.66. The van der Waals surface area contributed by atoms with Crippen molar-refractivity contribution in [2.75, 3.05) is 4.72 Å². The Hall–Kier alpha value is -3.55. The molecule has 1 unspecified atom stereocenters. The third-order valence-corrected chi connectivity index (χ3v) is 7.36. The third-order valence-electron chi connectivity index (χ3n) is 5.75. The zero-order chi connectivity index (χ0) is 29.4. The van der Waals surface area contributed by atoms with E-state index in [0.717, 1.165) is 24.3 Å². The molecule has 1 atom stereocenters. The Kier molecular flexibility index (Phi) is 8.20. The summed E-state index contributed by atoms with van der Waals surface area (Å²) in [6, 6.07) is 13.0. The molecule has 3 aromatic carbocycles. The van der Waals surface area contributed by atoms with Gasteiger partial charge in [-0.05, 0) is 66.9 Å². The van der Waals surface area contributed by atoms with Crippen LogP contribution in [0.2, 0.25) is 5.02 Å². The Balaban J connectivity index is 1.78. The number of hydrogen-bond donors (Lipinski definition) is 1. The van der Waals surface area contributed by atoms with Crippen molar-refractivity contribution in [3.05, 3.63) is 77.1 Å². The van der Waals surface area contributed by atoms with Gasteiger partial charge in [0.15, 0.2) is 0 Å². The molecule has 0 aliphatic rings. The summed E-state index contributed by atoms with van der Waals surface area (Å²) in [5, 5.41) is 4.33. The van der Waals surface area contributed by atoms with Gasteiger partial charge in [0.05, 0.1) is 16.4 Å². The van der Waals surface area contributed by atoms with E-state index < -0.39 is 35.6 Å². The monoisotopic (exact) mass is 603 g/mol. The topological polar surface area (TPSA) is 71.4 Å². The Morgan fingerprint density at radius 1 is 0.825 bits per heavy atom. The Labute approximate surface area is 232 Å². The predicted octanol–water partition coefficient (Wildman–Crippen LogP) is 7.96. The molecule has 4 rings (SSSR count).